The highest BCUT2D eigenvalue weighted by Gasteiger charge is 2.23. The lowest BCUT2D eigenvalue weighted by atomic mass is 9.83. The fraction of sp³-hybridized carbons (Fsp3) is 0.533. The van der Waals surface area contributed by atoms with Crippen LogP contribution in [0, 0.1) is 0 Å². The predicted octanol–water partition coefficient (Wildman–Crippen LogP) is 3.27. The maximum Gasteiger partial charge on any atom is 0.160 e. The summed E-state index contributed by atoms with van der Waals surface area (Å²) in [6, 6.07) is 6.52. The summed E-state index contributed by atoms with van der Waals surface area (Å²) in [6.07, 6.45) is 4.61. The number of hydrogen-bond acceptors (Lipinski definition) is 2. The van der Waals surface area contributed by atoms with Crippen molar-refractivity contribution < 1.29 is 4.79 Å². The summed E-state index contributed by atoms with van der Waals surface area (Å²) < 4.78 is 0. The van der Waals surface area contributed by atoms with Gasteiger partial charge in [0.15, 0.2) is 5.78 Å². The molecular weight excluding hydrogens is 210 g/mol. The lowest BCUT2D eigenvalue weighted by molar-refractivity contribution is 0.101. The third-order valence-electron chi connectivity index (χ3n) is 3.50. The molecule has 2 rings (SSSR count). The van der Waals surface area contributed by atoms with Crippen LogP contribution in [0.4, 0.5) is 0 Å². The Labute approximate surface area is 103 Å². The van der Waals surface area contributed by atoms with Gasteiger partial charge in [-0.2, -0.15) is 0 Å². The Bertz CT molecular complexity index is 411. The number of Topliss-reactive ketones (excluding diaryl/α,β-unsaturated/α-hetero) is 1. The van der Waals surface area contributed by atoms with Crippen molar-refractivity contribution in [3.8, 4) is 0 Å². The number of hydrogen-bond donors (Lipinski definition) is 1. The molecule has 0 saturated heterocycles. The Morgan fingerprint density at radius 2 is 2.29 bits per heavy atom. The van der Waals surface area contributed by atoms with E-state index in [1.807, 2.05) is 12.1 Å². The van der Waals surface area contributed by atoms with Crippen LogP contribution < -0.4 is 5.32 Å². The second-order valence-electron chi connectivity index (χ2n) is 4.83. The first kappa shape index (κ1) is 12.3. The van der Waals surface area contributed by atoms with E-state index in [9.17, 15) is 4.79 Å². The zero-order valence-corrected chi connectivity index (χ0v) is 10.8. The van der Waals surface area contributed by atoms with Crippen molar-refractivity contribution in [2.75, 3.05) is 6.54 Å². The number of benzene rings is 1. The van der Waals surface area contributed by atoms with Gasteiger partial charge in [0.25, 0.3) is 0 Å². The number of rotatable bonds is 4. The Morgan fingerprint density at radius 3 is 3.00 bits per heavy atom. The van der Waals surface area contributed by atoms with Crippen LogP contribution in [-0.4, -0.2) is 12.3 Å². The molecule has 1 aromatic rings. The standard InChI is InChI=1S/C15H21NO/c1-3-10-16-14-9-5-7-12-6-4-8-13(11(2)17)15(12)14/h4,6,8,14,16H,3,5,7,9-10H2,1-2H3. The van der Waals surface area contributed by atoms with Crippen molar-refractivity contribution in [2.45, 2.75) is 45.6 Å². The van der Waals surface area contributed by atoms with E-state index in [1.54, 1.807) is 6.92 Å². The van der Waals surface area contributed by atoms with Crippen molar-refractivity contribution >= 4 is 5.78 Å². The van der Waals surface area contributed by atoms with Crippen LogP contribution in [0.5, 0.6) is 0 Å². The number of aryl methyl sites for hydroxylation is 1. The van der Waals surface area contributed by atoms with Gasteiger partial charge in [-0.25, -0.2) is 0 Å². The Hall–Kier alpha value is -1.15. The lowest BCUT2D eigenvalue weighted by Crippen LogP contribution is -2.27. The maximum absolute atomic E-state index is 11.7. The van der Waals surface area contributed by atoms with Crippen molar-refractivity contribution in [1.29, 1.82) is 0 Å². The largest absolute Gasteiger partial charge is 0.310 e. The summed E-state index contributed by atoms with van der Waals surface area (Å²) in [6.45, 7) is 4.87. The zero-order valence-electron chi connectivity index (χ0n) is 10.8. The van der Waals surface area contributed by atoms with E-state index in [0.29, 0.717) is 6.04 Å². The normalized spacial score (nSPS) is 18.8. The number of fused-ring (bicyclic) bond motifs is 1. The predicted molar refractivity (Wildman–Crippen MR) is 70.4 cm³/mol. The molecule has 1 N–H and O–H groups in total. The molecular formula is C15H21NO. The Morgan fingerprint density at radius 1 is 1.47 bits per heavy atom. The van der Waals surface area contributed by atoms with Crippen molar-refractivity contribution in [3.63, 3.8) is 0 Å². The topological polar surface area (TPSA) is 29.1 Å². The van der Waals surface area contributed by atoms with E-state index in [2.05, 4.69) is 18.3 Å². The summed E-state index contributed by atoms with van der Waals surface area (Å²) in [5.41, 5.74) is 3.54. The van der Waals surface area contributed by atoms with Gasteiger partial charge in [-0.15, -0.1) is 0 Å². The van der Waals surface area contributed by atoms with E-state index >= 15 is 0 Å². The molecule has 1 aliphatic carbocycles. The highest BCUT2D eigenvalue weighted by Crippen LogP contribution is 2.32. The van der Waals surface area contributed by atoms with Gasteiger partial charge in [-0.3, -0.25) is 4.79 Å². The van der Waals surface area contributed by atoms with Gasteiger partial charge in [0.2, 0.25) is 0 Å². The van der Waals surface area contributed by atoms with Gasteiger partial charge in [-0.1, -0.05) is 25.1 Å². The lowest BCUT2D eigenvalue weighted by Gasteiger charge is -2.28. The van der Waals surface area contributed by atoms with E-state index in [1.165, 1.54) is 17.5 Å². The average Bonchev–Trinajstić information content (AvgIpc) is 2.35. The summed E-state index contributed by atoms with van der Waals surface area (Å²) in [5, 5.41) is 3.57. The molecule has 0 aromatic heterocycles. The molecule has 0 radical (unpaired) electrons. The molecule has 0 aliphatic heterocycles. The van der Waals surface area contributed by atoms with Gasteiger partial charge in [-0.05, 0) is 50.3 Å². The molecule has 2 heteroatoms. The molecule has 2 nitrogen and oxygen atoms in total. The second kappa shape index (κ2) is 5.46. The van der Waals surface area contributed by atoms with Gasteiger partial charge in [0.05, 0.1) is 0 Å². The molecule has 0 bridgehead atoms. The van der Waals surface area contributed by atoms with Crippen LogP contribution in [0.15, 0.2) is 18.2 Å². The quantitative estimate of drug-likeness (QED) is 0.806. The number of carbonyl (C=O) groups is 1. The smallest absolute Gasteiger partial charge is 0.160 e. The third-order valence-corrected chi connectivity index (χ3v) is 3.50. The summed E-state index contributed by atoms with van der Waals surface area (Å²) in [4.78, 5) is 11.7. The molecule has 0 spiro atoms. The van der Waals surface area contributed by atoms with Crippen LogP contribution in [0.3, 0.4) is 0 Å². The van der Waals surface area contributed by atoms with Gasteiger partial charge < -0.3 is 5.32 Å². The number of carbonyl (C=O) groups excluding carboxylic acids is 1. The molecule has 0 fully saturated rings. The third kappa shape index (κ3) is 2.58. The van der Waals surface area contributed by atoms with Crippen LogP contribution in [-0.2, 0) is 6.42 Å². The highest BCUT2D eigenvalue weighted by atomic mass is 16.1. The van der Waals surface area contributed by atoms with E-state index in [0.717, 1.165) is 31.4 Å². The highest BCUT2D eigenvalue weighted by molar-refractivity contribution is 5.96. The molecule has 0 amide bonds. The van der Waals surface area contributed by atoms with Crippen LogP contribution in [0.25, 0.3) is 0 Å². The van der Waals surface area contributed by atoms with E-state index < -0.39 is 0 Å². The van der Waals surface area contributed by atoms with Gasteiger partial charge >= 0.3 is 0 Å². The summed E-state index contributed by atoms with van der Waals surface area (Å²) in [7, 11) is 0. The Balaban J connectivity index is 2.36. The zero-order chi connectivity index (χ0) is 12.3. The number of nitrogens with one attached hydrogen (secondary N) is 1. The molecule has 17 heavy (non-hydrogen) atoms. The monoisotopic (exact) mass is 231 g/mol. The minimum atomic E-state index is 0.187. The van der Waals surface area contributed by atoms with Gasteiger partial charge in [0, 0.05) is 11.6 Å². The molecule has 1 unspecified atom stereocenters. The first-order valence-corrected chi connectivity index (χ1v) is 6.60. The molecule has 1 aromatic carbocycles. The van der Waals surface area contributed by atoms with Gasteiger partial charge in [0.1, 0.15) is 0 Å². The van der Waals surface area contributed by atoms with E-state index in [-0.39, 0.29) is 5.78 Å². The average molecular weight is 231 g/mol. The first-order valence-electron chi connectivity index (χ1n) is 6.60. The van der Waals surface area contributed by atoms with Crippen molar-refractivity contribution in [2.24, 2.45) is 0 Å². The molecule has 1 aliphatic rings. The SMILES string of the molecule is CCCNC1CCCc2cccc(C(C)=O)c21. The Kier molecular flexibility index (Phi) is 3.95. The van der Waals surface area contributed by atoms with Crippen LogP contribution >= 0.6 is 0 Å². The minimum absolute atomic E-state index is 0.187. The summed E-state index contributed by atoms with van der Waals surface area (Å²) in [5.74, 6) is 0.187. The van der Waals surface area contributed by atoms with Crippen molar-refractivity contribution in [1.82, 2.24) is 5.32 Å². The van der Waals surface area contributed by atoms with E-state index in [4.69, 9.17) is 0 Å². The molecule has 92 valence electrons. The van der Waals surface area contributed by atoms with Crippen molar-refractivity contribution in [3.05, 3.63) is 34.9 Å². The maximum atomic E-state index is 11.7. The minimum Gasteiger partial charge on any atom is -0.310 e. The fourth-order valence-corrected chi connectivity index (χ4v) is 2.71. The first-order chi connectivity index (χ1) is 8.24. The molecule has 0 heterocycles. The fourth-order valence-electron chi connectivity index (χ4n) is 2.71. The second-order valence-corrected chi connectivity index (χ2v) is 4.83. The van der Waals surface area contributed by atoms with Crippen LogP contribution in [0.1, 0.15) is 60.6 Å². The summed E-state index contributed by atoms with van der Waals surface area (Å²) >= 11 is 0. The molecule has 0 saturated carbocycles. The molecule has 1 atom stereocenters. The number of ketones is 1. The van der Waals surface area contributed by atoms with Crippen LogP contribution in [0.2, 0.25) is 0 Å².